The normalized spacial score (nSPS) is 10.4. The first-order valence-corrected chi connectivity index (χ1v) is 6.37. The van der Waals surface area contributed by atoms with Gasteiger partial charge in [-0.2, -0.15) is 0 Å². The SMILES string of the molecule is COc1cc(N(C)c2cc(C)cc(C)c2)c(N)cc1F. The van der Waals surface area contributed by atoms with Crippen molar-refractivity contribution in [3.05, 3.63) is 47.3 Å². The third-order valence-corrected chi connectivity index (χ3v) is 3.26. The number of halogens is 1. The molecule has 0 unspecified atom stereocenters. The van der Waals surface area contributed by atoms with E-state index in [4.69, 9.17) is 10.5 Å². The summed E-state index contributed by atoms with van der Waals surface area (Å²) >= 11 is 0. The molecule has 3 nitrogen and oxygen atoms in total. The molecule has 0 aliphatic carbocycles. The Balaban J connectivity index is 2.49. The molecule has 0 bridgehead atoms. The van der Waals surface area contributed by atoms with Gasteiger partial charge in [0, 0.05) is 24.9 Å². The second-order valence-corrected chi connectivity index (χ2v) is 4.95. The molecule has 0 fully saturated rings. The Bertz CT molecular complexity index is 620. The molecule has 0 saturated carbocycles. The van der Waals surface area contributed by atoms with Crippen LogP contribution in [-0.2, 0) is 0 Å². The van der Waals surface area contributed by atoms with Crippen LogP contribution in [0.25, 0.3) is 0 Å². The van der Waals surface area contributed by atoms with Gasteiger partial charge in [-0.25, -0.2) is 4.39 Å². The zero-order valence-corrected chi connectivity index (χ0v) is 12.2. The monoisotopic (exact) mass is 274 g/mol. The highest BCUT2D eigenvalue weighted by Gasteiger charge is 2.13. The third-order valence-electron chi connectivity index (χ3n) is 3.26. The molecular weight excluding hydrogens is 255 g/mol. The summed E-state index contributed by atoms with van der Waals surface area (Å²) in [5, 5.41) is 0. The first-order valence-electron chi connectivity index (χ1n) is 6.37. The van der Waals surface area contributed by atoms with Crippen LogP contribution in [0.5, 0.6) is 5.75 Å². The second-order valence-electron chi connectivity index (χ2n) is 4.95. The minimum Gasteiger partial charge on any atom is -0.494 e. The number of anilines is 3. The Hall–Kier alpha value is -2.23. The first-order chi connectivity index (χ1) is 9.42. The van der Waals surface area contributed by atoms with Crippen molar-refractivity contribution >= 4 is 17.1 Å². The summed E-state index contributed by atoms with van der Waals surface area (Å²) in [7, 11) is 3.34. The van der Waals surface area contributed by atoms with E-state index in [0.29, 0.717) is 11.4 Å². The van der Waals surface area contributed by atoms with Gasteiger partial charge in [0.15, 0.2) is 11.6 Å². The van der Waals surface area contributed by atoms with Crippen LogP contribution in [-0.4, -0.2) is 14.2 Å². The lowest BCUT2D eigenvalue weighted by atomic mass is 10.1. The van der Waals surface area contributed by atoms with Crippen LogP contribution in [0.2, 0.25) is 0 Å². The fourth-order valence-corrected chi connectivity index (χ4v) is 2.29. The van der Waals surface area contributed by atoms with Gasteiger partial charge in [0.05, 0.1) is 18.5 Å². The standard InChI is InChI=1S/C16H19FN2O/c1-10-5-11(2)7-12(6-10)19(3)15-9-16(20-4)13(17)8-14(15)18/h5-9H,18H2,1-4H3. The first kappa shape index (κ1) is 14.2. The zero-order valence-electron chi connectivity index (χ0n) is 12.2. The number of benzene rings is 2. The molecule has 0 spiro atoms. The molecule has 4 heteroatoms. The predicted octanol–water partition coefficient (Wildman–Crippen LogP) is 3.80. The Labute approximate surface area is 118 Å². The van der Waals surface area contributed by atoms with E-state index >= 15 is 0 Å². The number of aryl methyl sites for hydroxylation is 2. The quantitative estimate of drug-likeness (QED) is 0.865. The van der Waals surface area contributed by atoms with Gasteiger partial charge in [-0.15, -0.1) is 0 Å². The molecule has 0 heterocycles. The van der Waals surface area contributed by atoms with E-state index in [2.05, 4.69) is 18.2 Å². The van der Waals surface area contributed by atoms with Crippen LogP contribution in [0.15, 0.2) is 30.3 Å². The van der Waals surface area contributed by atoms with Gasteiger partial charge in [-0.1, -0.05) is 6.07 Å². The number of nitrogens with two attached hydrogens (primary N) is 1. The maximum absolute atomic E-state index is 13.6. The fraction of sp³-hybridized carbons (Fsp3) is 0.250. The molecule has 106 valence electrons. The number of methoxy groups -OCH3 is 1. The van der Waals surface area contributed by atoms with E-state index in [1.165, 1.54) is 24.3 Å². The molecule has 0 aliphatic rings. The van der Waals surface area contributed by atoms with E-state index < -0.39 is 5.82 Å². The minimum atomic E-state index is -0.456. The minimum absolute atomic E-state index is 0.186. The van der Waals surface area contributed by atoms with E-state index in [0.717, 1.165) is 5.69 Å². The Kier molecular flexibility index (Phi) is 3.84. The van der Waals surface area contributed by atoms with Gasteiger partial charge in [0.1, 0.15) is 0 Å². The Morgan fingerprint density at radius 3 is 2.20 bits per heavy atom. The second kappa shape index (κ2) is 5.41. The molecule has 0 atom stereocenters. The van der Waals surface area contributed by atoms with Crippen molar-refractivity contribution < 1.29 is 9.13 Å². The molecule has 0 aliphatic heterocycles. The molecule has 2 aromatic carbocycles. The topological polar surface area (TPSA) is 38.5 Å². The van der Waals surface area contributed by atoms with Crippen LogP contribution in [0, 0.1) is 19.7 Å². The van der Waals surface area contributed by atoms with Gasteiger partial charge in [0.25, 0.3) is 0 Å². The molecule has 20 heavy (non-hydrogen) atoms. The maximum atomic E-state index is 13.6. The van der Waals surface area contributed by atoms with Crippen molar-refractivity contribution in [2.45, 2.75) is 13.8 Å². The van der Waals surface area contributed by atoms with Crippen molar-refractivity contribution in [1.29, 1.82) is 0 Å². The van der Waals surface area contributed by atoms with Crippen LogP contribution >= 0.6 is 0 Å². The van der Waals surface area contributed by atoms with E-state index in [1.54, 1.807) is 6.07 Å². The lowest BCUT2D eigenvalue weighted by molar-refractivity contribution is 0.387. The Morgan fingerprint density at radius 2 is 1.65 bits per heavy atom. The number of hydrogen-bond acceptors (Lipinski definition) is 3. The van der Waals surface area contributed by atoms with E-state index in [-0.39, 0.29) is 5.75 Å². The molecule has 0 amide bonds. The van der Waals surface area contributed by atoms with Gasteiger partial charge in [-0.3, -0.25) is 0 Å². The lowest BCUT2D eigenvalue weighted by Crippen LogP contribution is -2.12. The van der Waals surface area contributed by atoms with Crippen molar-refractivity contribution in [2.75, 3.05) is 24.8 Å². The van der Waals surface area contributed by atoms with Crippen molar-refractivity contribution in [2.24, 2.45) is 0 Å². The summed E-state index contributed by atoms with van der Waals surface area (Å²) in [5.74, 6) is -0.270. The number of nitrogen functional groups attached to an aromatic ring is 1. The average molecular weight is 274 g/mol. The molecule has 2 aromatic rings. The van der Waals surface area contributed by atoms with Crippen LogP contribution in [0.3, 0.4) is 0 Å². The molecule has 0 saturated heterocycles. The van der Waals surface area contributed by atoms with E-state index in [1.807, 2.05) is 25.8 Å². The highest BCUT2D eigenvalue weighted by Crippen LogP contribution is 2.34. The predicted molar refractivity (Wildman–Crippen MR) is 81.3 cm³/mol. The summed E-state index contributed by atoms with van der Waals surface area (Å²) < 4.78 is 18.6. The Morgan fingerprint density at radius 1 is 1.05 bits per heavy atom. The largest absolute Gasteiger partial charge is 0.494 e. The third kappa shape index (κ3) is 2.69. The number of rotatable bonds is 3. The highest BCUT2D eigenvalue weighted by atomic mass is 19.1. The number of hydrogen-bond donors (Lipinski definition) is 1. The number of ether oxygens (including phenoxy) is 1. The van der Waals surface area contributed by atoms with E-state index in [9.17, 15) is 4.39 Å². The van der Waals surface area contributed by atoms with Crippen molar-refractivity contribution in [3.8, 4) is 5.75 Å². The van der Waals surface area contributed by atoms with Crippen LogP contribution < -0.4 is 15.4 Å². The van der Waals surface area contributed by atoms with Crippen LogP contribution in [0.1, 0.15) is 11.1 Å². The smallest absolute Gasteiger partial charge is 0.167 e. The zero-order chi connectivity index (χ0) is 14.9. The molecular formula is C16H19FN2O. The highest BCUT2D eigenvalue weighted by molar-refractivity contribution is 5.76. The van der Waals surface area contributed by atoms with Crippen molar-refractivity contribution in [3.63, 3.8) is 0 Å². The summed E-state index contributed by atoms with van der Waals surface area (Å²) in [6.07, 6.45) is 0. The summed E-state index contributed by atoms with van der Waals surface area (Å²) in [6.45, 7) is 4.08. The van der Waals surface area contributed by atoms with Crippen molar-refractivity contribution in [1.82, 2.24) is 0 Å². The fourth-order valence-electron chi connectivity index (χ4n) is 2.29. The van der Waals surface area contributed by atoms with Gasteiger partial charge < -0.3 is 15.4 Å². The summed E-state index contributed by atoms with van der Waals surface area (Å²) in [4.78, 5) is 1.93. The van der Waals surface area contributed by atoms with Crippen LogP contribution in [0.4, 0.5) is 21.5 Å². The molecule has 0 radical (unpaired) electrons. The average Bonchev–Trinajstić information content (AvgIpc) is 2.37. The maximum Gasteiger partial charge on any atom is 0.167 e. The number of nitrogens with zero attached hydrogens (tertiary/aromatic N) is 1. The lowest BCUT2D eigenvalue weighted by Gasteiger charge is -2.23. The molecule has 0 aromatic heterocycles. The molecule has 2 rings (SSSR count). The van der Waals surface area contributed by atoms with Gasteiger partial charge >= 0.3 is 0 Å². The van der Waals surface area contributed by atoms with Gasteiger partial charge in [-0.05, 0) is 37.1 Å². The van der Waals surface area contributed by atoms with Gasteiger partial charge in [0.2, 0.25) is 0 Å². The summed E-state index contributed by atoms with van der Waals surface area (Å²) in [5.41, 5.74) is 10.4. The molecule has 2 N–H and O–H groups in total. The summed E-state index contributed by atoms with van der Waals surface area (Å²) in [6, 6.07) is 9.12.